The summed E-state index contributed by atoms with van der Waals surface area (Å²) in [6, 6.07) is 3.94. The summed E-state index contributed by atoms with van der Waals surface area (Å²) in [6.45, 7) is 1.79. The van der Waals surface area contributed by atoms with Crippen molar-refractivity contribution in [1.29, 1.82) is 0 Å². The van der Waals surface area contributed by atoms with Gasteiger partial charge in [-0.3, -0.25) is 0 Å². The van der Waals surface area contributed by atoms with Crippen LogP contribution in [0.5, 0.6) is 0 Å². The first-order valence-electron chi connectivity index (χ1n) is 6.18. The fourth-order valence-corrected chi connectivity index (χ4v) is 2.42. The Morgan fingerprint density at radius 1 is 1.26 bits per heavy atom. The number of nitrogens with zero attached hydrogens (tertiary/aromatic N) is 1. The summed E-state index contributed by atoms with van der Waals surface area (Å²) >= 11 is 5.65. The highest BCUT2D eigenvalue weighted by atomic mass is 35.5. The third-order valence-corrected chi connectivity index (χ3v) is 3.60. The highest BCUT2D eigenvalue weighted by Gasteiger charge is 2.34. The number of halogens is 4. The highest BCUT2D eigenvalue weighted by Crippen LogP contribution is 2.37. The Morgan fingerprint density at radius 3 is 2.47 bits per heavy atom. The van der Waals surface area contributed by atoms with Crippen molar-refractivity contribution < 1.29 is 13.2 Å². The average molecular weight is 293 g/mol. The highest BCUT2D eigenvalue weighted by molar-refractivity contribution is 6.30. The van der Waals surface area contributed by atoms with E-state index in [0.717, 1.165) is 32.0 Å². The van der Waals surface area contributed by atoms with Gasteiger partial charge in [-0.05, 0) is 51.2 Å². The van der Waals surface area contributed by atoms with Crippen molar-refractivity contribution in [2.24, 2.45) is 0 Å². The maximum absolute atomic E-state index is 12.9. The second kappa shape index (κ2) is 5.59. The molecule has 0 bridgehead atoms. The second-order valence-electron chi connectivity index (χ2n) is 4.91. The minimum absolute atomic E-state index is 0.0819. The molecule has 1 aliphatic rings. The first kappa shape index (κ1) is 14.5. The summed E-state index contributed by atoms with van der Waals surface area (Å²) in [5.41, 5.74) is -0.578. The smallest absolute Gasteiger partial charge is 0.382 e. The van der Waals surface area contributed by atoms with Gasteiger partial charge in [0.2, 0.25) is 0 Å². The molecule has 19 heavy (non-hydrogen) atoms. The molecule has 1 aliphatic heterocycles. The van der Waals surface area contributed by atoms with Gasteiger partial charge in [0.25, 0.3) is 0 Å². The molecule has 0 spiro atoms. The van der Waals surface area contributed by atoms with Gasteiger partial charge < -0.3 is 10.2 Å². The van der Waals surface area contributed by atoms with E-state index in [1.54, 1.807) is 0 Å². The van der Waals surface area contributed by atoms with Gasteiger partial charge in [-0.15, -0.1) is 0 Å². The molecule has 1 aromatic carbocycles. The Balaban J connectivity index is 2.16. The fourth-order valence-electron chi connectivity index (χ4n) is 2.25. The Morgan fingerprint density at radius 2 is 1.89 bits per heavy atom. The van der Waals surface area contributed by atoms with Crippen LogP contribution in [0.15, 0.2) is 18.2 Å². The predicted octanol–water partition coefficient (Wildman–Crippen LogP) is 3.86. The maximum atomic E-state index is 12.9. The molecular weight excluding hydrogens is 277 g/mol. The summed E-state index contributed by atoms with van der Waals surface area (Å²) < 4.78 is 38.8. The van der Waals surface area contributed by atoms with E-state index in [2.05, 4.69) is 10.2 Å². The molecule has 0 amide bonds. The Hall–Kier alpha value is -0.940. The zero-order valence-electron chi connectivity index (χ0n) is 10.6. The average Bonchev–Trinajstić information content (AvgIpc) is 2.33. The topological polar surface area (TPSA) is 15.3 Å². The monoisotopic (exact) mass is 292 g/mol. The van der Waals surface area contributed by atoms with Crippen LogP contribution >= 0.6 is 11.6 Å². The van der Waals surface area contributed by atoms with Crippen molar-refractivity contribution in [3.8, 4) is 0 Å². The number of nitrogens with one attached hydrogen (secondary N) is 1. The largest absolute Gasteiger partial charge is 0.418 e. The van der Waals surface area contributed by atoms with Crippen LogP contribution in [-0.2, 0) is 6.18 Å². The molecule has 106 valence electrons. The molecule has 1 N–H and O–H groups in total. The normalized spacial score (nSPS) is 18.6. The molecule has 1 saturated heterocycles. The van der Waals surface area contributed by atoms with E-state index in [4.69, 9.17) is 11.6 Å². The quantitative estimate of drug-likeness (QED) is 0.890. The Bertz CT molecular complexity index is 440. The molecule has 2 rings (SSSR count). The number of likely N-dealkylation sites (tertiary alicyclic amines) is 1. The Labute approximate surface area is 115 Å². The van der Waals surface area contributed by atoms with Crippen molar-refractivity contribution >= 4 is 17.3 Å². The van der Waals surface area contributed by atoms with Crippen molar-refractivity contribution in [1.82, 2.24) is 4.90 Å². The van der Waals surface area contributed by atoms with Gasteiger partial charge in [0.1, 0.15) is 0 Å². The van der Waals surface area contributed by atoms with Gasteiger partial charge in [-0.25, -0.2) is 0 Å². The molecule has 1 aromatic rings. The van der Waals surface area contributed by atoms with Gasteiger partial charge in [-0.2, -0.15) is 13.2 Å². The van der Waals surface area contributed by atoms with E-state index < -0.39 is 11.7 Å². The van der Waals surface area contributed by atoms with Crippen LogP contribution in [0.3, 0.4) is 0 Å². The zero-order valence-corrected chi connectivity index (χ0v) is 11.4. The molecule has 0 atom stereocenters. The predicted molar refractivity (Wildman–Crippen MR) is 70.6 cm³/mol. The Kier molecular flexibility index (Phi) is 4.26. The lowest BCUT2D eigenvalue weighted by atomic mass is 10.0. The van der Waals surface area contributed by atoms with E-state index in [-0.39, 0.29) is 16.8 Å². The fraction of sp³-hybridized carbons (Fsp3) is 0.538. The lowest BCUT2D eigenvalue weighted by Crippen LogP contribution is -2.37. The van der Waals surface area contributed by atoms with Gasteiger partial charge in [0.05, 0.1) is 5.56 Å². The number of rotatable bonds is 2. The van der Waals surface area contributed by atoms with Crippen molar-refractivity contribution in [2.75, 3.05) is 25.5 Å². The molecule has 2 nitrogen and oxygen atoms in total. The van der Waals surface area contributed by atoms with Gasteiger partial charge in [0.15, 0.2) is 0 Å². The summed E-state index contributed by atoms with van der Waals surface area (Å²) in [7, 11) is 2.01. The first-order valence-corrected chi connectivity index (χ1v) is 6.56. The van der Waals surface area contributed by atoms with Crippen LogP contribution in [-0.4, -0.2) is 31.1 Å². The molecular formula is C13H16ClF3N2. The lowest BCUT2D eigenvalue weighted by molar-refractivity contribution is -0.137. The van der Waals surface area contributed by atoms with Crippen LogP contribution < -0.4 is 5.32 Å². The van der Waals surface area contributed by atoms with Crippen molar-refractivity contribution in [3.63, 3.8) is 0 Å². The number of anilines is 1. The van der Waals surface area contributed by atoms with E-state index in [1.807, 2.05) is 7.05 Å². The van der Waals surface area contributed by atoms with Gasteiger partial charge in [0, 0.05) is 16.8 Å². The van der Waals surface area contributed by atoms with Crippen molar-refractivity contribution in [2.45, 2.75) is 25.1 Å². The maximum Gasteiger partial charge on any atom is 0.418 e. The summed E-state index contributed by atoms with van der Waals surface area (Å²) in [4.78, 5) is 2.17. The molecule has 6 heteroatoms. The standard InChI is InChI=1S/C13H16ClF3N2/c1-19-6-4-10(5-7-19)18-12-3-2-9(14)8-11(12)13(15,16)17/h2-3,8,10,18H,4-7H2,1H3. The molecule has 0 radical (unpaired) electrons. The minimum Gasteiger partial charge on any atom is -0.382 e. The van der Waals surface area contributed by atoms with E-state index >= 15 is 0 Å². The summed E-state index contributed by atoms with van der Waals surface area (Å²) in [6.07, 6.45) is -2.70. The lowest BCUT2D eigenvalue weighted by Gasteiger charge is -2.31. The van der Waals surface area contributed by atoms with Crippen LogP contribution in [0, 0.1) is 0 Å². The molecule has 1 heterocycles. The zero-order chi connectivity index (χ0) is 14.0. The number of alkyl halides is 3. The van der Waals surface area contributed by atoms with Crippen LogP contribution in [0.4, 0.5) is 18.9 Å². The number of benzene rings is 1. The van der Waals surface area contributed by atoms with E-state index in [0.29, 0.717) is 0 Å². The minimum atomic E-state index is -4.39. The van der Waals surface area contributed by atoms with Crippen molar-refractivity contribution in [3.05, 3.63) is 28.8 Å². The molecule has 1 fully saturated rings. The first-order chi connectivity index (χ1) is 8.86. The third-order valence-electron chi connectivity index (χ3n) is 3.37. The third kappa shape index (κ3) is 3.76. The molecule has 0 unspecified atom stereocenters. The van der Waals surface area contributed by atoms with Crippen LogP contribution in [0.2, 0.25) is 5.02 Å². The SMILES string of the molecule is CN1CCC(Nc2ccc(Cl)cc2C(F)(F)F)CC1. The van der Waals surface area contributed by atoms with E-state index in [9.17, 15) is 13.2 Å². The number of hydrogen-bond acceptors (Lipinski definition) is 2. The molecule has 0 saturated carbocycles. The van der Waals surface area contributed by atoms with Gasteiger partial charge in [-0.1, -0.05) is 11.6 Å². The van der Waals surface area contributed by atoms with Gasteiger partial charge >= 0.3 is 6.18 Å². The number of piperidine rings is 1. The number of hydrogen-bond donors (Lipinski definition) is 1. The van der Waals surface area contributed by atoms with E-state index in [1.165, 1.54) is 12.1 Å². The summed E-state index contributed by atoms with van der Waals surface area (Å²) in [5.74, 6) is 0. The molecule has 0 aromatic heterocycles. The summed E-state index contributed by atoms with van der Waals surface area (Å²) in [5, 5.41) is 3.10. The second-order valence-corrected chi connectivity index (χ2v) is 5.35. The van der Waals surface area contributed by atoms with Crippen LogP contribution in [0.25, 0.3) is 0 Å². The molecule has 0 aliphatic carbocycles. The van der Waals surface area contributed by atoms with Crippen LogP contribution in [0.1, 0.15) is 18.4 Å².